The summed E-state index contributed by atoms with van der Waals surface area (Å²) in [5.41, 5.74) is 9.83. The number of carboxylic acids is 1. The van der Waals surface area contributed by atoms with Crippen LogP contribution in [0.25, 0.3) is 0 Å². The first kappa shape index (κ1) is 17.9. The molecule has 0 aliphatic carbocycles. The Kier molecular flexibility index (Phi) is 6.55. The monoisotopic (exact) mass is 309 g/mol. The van der Waals surface area contributed by atoms with Crippen molar-refractivity contribution in [3.63, 3.8) is 0 Å². The zero-order valence-corrected chi connectivity index (χ0v) is 11.9. The van der Waals surface area contributed by atoms with Gasteiger partial charge in [0.1, 0.15) is 0 Å². The summed E-state index contributed by atoms with van der Waals surface area (Å²) in [4.78, 5) is 11.5. The Morgan fingerprint density at radius 2 is 1.90 bits per heavy atom. The average molecular weight is 309 g/mol. The molecule has 104 valence electrons. The first-order chi connectivity index (χ1) is 9.49. The molecule has 3 N–H and O–H groups in total. The van der Waals surface area contributed by atoms with Crippen molar-refractivity contribution in [2.24, 2.45) is 0 Å². The van der Waals surface area contributed by atoms with Gasteiger partial charge in [0.2, 0.25) is 0 Å². The van der Waals surface area contributed by atoms with E-state index in [0.29, 0.717) is 21.7 Å². The van der Waals surface area contributed by atoms with E-state index in [-0.39, 0.29) is 36.0 Å². The predicted octanol–water partition coefficient (Wildman–Crippen LogP) is 2.32. The zero-order valence-electron chi connectivity index (χ0n) is 11.1. The molecule has 0 heterocycles. The van der Waals surface area contributed by atoms with Crippen molar-refractivity contribution in [3.8, 4) is 0 Å². The molecule has 0 aliphatic rings. The van der Waals surface area contributed by atoms with Crippen LogP contribution in [0.15, 0.2) is 42.5 Å². The standard InChI is InChI=1S/C16H15NO2S.Na.H/c1-10-4-2-6-12(8-10)16(20)13-7-3-5-11(15(13)17)9-14(18)19;;/h2-8H,9,17H2,1H3,(H,18,19);;. The second-order valence-corrected chi connectivity index (χ2v) is 5.06. The number of benzene rings is 2. The van der Waals surface area contributed by atoms with E-state index in [2.05, 4.69) is 0 Å². The van der Waals surface area contributed by atoms with Crippen molar-refractivity contribution in [2.45, 2.75) is 13.3 Å². The van der Waals surface area contributed by atoms with Gasteiger partial charge in [-0.3, -0.25) is 4.79 Å². The predicted molar refractivity (Wildman–Crippen MR) is 91.3 cm³/mol. The Labute approximate surface area is 151 Å². The van der Waals surface area contributed by atoms with Gasteiger partial charge in [0, 0.05) is 11.3 Å². The van der Waals surface area contributed by atoms with Crippen molar-refractivity contribution in [1.82, 2.24) is 0 Å². The summed E-state index contributed by atoms with van der Waals surface area (Å²) in [6.07, 6.45) is -0.101. The van der Waals surface area contributed by atoms with Crippen LogP contribution in [0, 0.1) is 6.92 Å². The number of hydrogen-bond acceptors (Lipinski definition) is 3. The van der Waals surface area contributed by atoms with Gasteiger partial charge in [0.25, 0.3) is 0 Å². The molecule has 0 spiro atoms. The summed E-state index contributed by atoms with van der Waals surface area (Å²) in [5.74, 6) is -0.907. The minimum atomic E-state index is -0.907. The van der Waals surface area contributed by atoms with Crippen LogP contribution in [-0.2, 0) is 11.2 Å². The van der Waals surface area contributed by atoms with Crippen LogP contribution in [0.4, 0.5) is 5.69 Å². The van der Waals surface area contributed by atoms with Crippen LogP contribution in [-0.4, -0.2) is 45.5 Å². The van der Waals surface area contributed by atoms with E-state index >= 15 is 0 Å². The number of aliphatic carboxylic acids is 1. The van der Waals surface area contributed by atoms with Gasteiger partial charge in [-0.1, -0.05) is 60.2 Å². The van der Waals surface area contributed by atoms with Gasteiger partial charge in [0.15, 0.2) is 0 Å². The molecule has 2 rings (SSSR count). The summed E-state index contributed by atoms with van der Waals surface area (Å²) in [5, 5.41) is 8.89. The fraction of sp³-hybridized carbons (Fsp3) is 0.125. The Morgan fingerprint density at radius 1 is 1.24 bits per heavy atom. The van der Waals surface area contributed by atoms with E-state index in [1.165, 1.54) is 0 Å². The number of nitrogen functional groups attached to an aromatic ring is 1. The zero-order chi connectivity index (χ0) is 14.7. The normalized spacial score (nSPS) is 9.76. The van der Waals surface area contributed by atoms with E-state index in [1.54, 1.807) is 12.1 Å². The SMILES string of the molecule is Cc1cccc(C(=S)c2cccc(CC(=O)O)c2N)c1.[NaH]. The molecular formula is C16H16NNaO2S. The molecule has 0 unspecified atom stereocenters. The van der Waals surface area contributed by atoms with Gasteiger partial charge < -0.3 is 10.8 Å². The van der Waals surface area contributed by atoms with Crippen LogP contribution in [0.5, 0.6) is 0 Å². The third kappa shape index (κ3) is 4.38. The molecule has 0 radical (unpaired) electrons. The number of carboxylic acid groups (broad SMARTS) is 1. The maximum absolute atomic E-state index is 10.8. The first-order valence-electron chi connectivity index (χ1n) is 6.19. The molecule has 21 heavy (non-hydrogen) atoms. The molecule has 0 aromatic heterocycles. The molecule has 2 aromatic carbocycles. The summed E-state index contributed by atoms with van der Waals surface area (Å²) in [7, 11) is 0. The molecule has 0 saturated heterocycles. The third-order valence-electron chi connectivity index (χ3n) is 3.06. The first-order valence-corrected chi connectivity index (χ1v) is 6.60. The van der Waals surface area contributed by atoms with Crippen LogP contribution < -0.4 is 5.73 Å². The Balaban J connectivity index is 0.00000220. The molecule has 0 aliphatic heterocycles. The fourth-order valence-corrected chi connectivity index (χ4v) is 2.37. The van der Waals surface area contributed by atoms with E-state index in [4.69, 9.17) is 23.1 Å². The number of thiocarbonyl (C=S) groups is 1. The molecule has 0 atom stereocenters. The third-order valence-corrected chi connectivity index (χ3v) is 3.52. The second-order valence-electron chi connectivity index (χ2n) is 4.65. The summed E-state index contributed by atoms with van der Waals surface area (Å²) in [6, 6.07) is 13.2. The molecule has 0 bridgehead atoms. The van der Waals surface area contributed by atoms with Crippen molar-refractivity contribution in [2.75, 3.05) is 5.73 Å². The van der Waals surface area contributed by atoms with Gasteiger partial charge in [-0.05, 0) is 18.1 Å². The minimum absolute atomic E-state index is 0. The van der Waals surface area contributed by atoms with E-state index < -0.39 is 5.97 Å². The van der Waals surface area contributed by atoms with Crippen molar-refractivity contribution < 1.29 is 9.90 Å². The number of aryl methyl sites for hydroxylation is 1. The van der Waals surface area contributed by atoms with Gasteiger partial charge >= 0.3 is 35.5 Å². The Bertz CT molecular complexity index is 686. The van der Waals surface area contributed by atoms with Gasteiger partial charge in [0.05, 0.1) is 11.3 Å². The van der Waals surface area contributed by atoms with Crippen LogP contribution >= 0.6 is 12.2 Å². The molecule has 0 amide bonds. The summed E-state index contributed by atoms with van der Waals surface area (Å²) < 4.78 is 0. The number of hydrogen-bond donors (Lipinski definition) is 2. The fourth-order valence-electron chi connectivity index (χ4n) is 2.07. The molecule has 2 aromatic rings. The van der Waals surface area contributed by atoms with Gasteiger partial charge in [-0.15, -0.1) is 0 Å². The molecule has 5 heteroatoms. The summed E-state index contributed by atoms with van der Waals surface area (Å²) >= 11 is 5.48. The number of para-hydroxylation sites is 1. The Hall–Kier alpha value is -1.20. The van der Waals surface area contributed by atoms with Crippen molar-refractivity contribution in [1.29, 1.82) is 0 Å². The van der Waals surface area contributed by atoms with E-state index in [9.17, 15) is 4.79 Å². The van der Waals surface area contributed by atoms with Crippen LogP contribution in [0.3, 0.4) is 0 Å². The summed E-state index contributed by atoms with van der Waals surface area (Å²) in [6.45, 7) is 2.00. The maximum atomic E-state index is 10.8. The second kappa shape index (κ2) is 7.71. The molecule has 0 fully saturated rings. The van der Waals surface area contributed by atoms with E-state index in [0.717, 1.165) is 11.1 Å². The topological polar surface area (TPSA) is 63.3 Å². The Morgan fingerprint density at radius 3 is 2.52 bits per heavy atom. The number of nitrogens with two attached hydrogens (primary N) is 1. The van der Waals surface area contributed by atoms with Gasteiger partial charge in [-0.25, -0.2) is 0 Å². The quantitative estimate of drug-likeness (QED) is 0.394. The average Bonchev–Trinajstić information content (AvgIpc) is 2.40. The van der Waals surface area contributed by atoms with Crippen LogP contribution in [0.2, 0.25) is 0 Å². The number of rotatable bonds is 4. The van der Waals surface area contributed by atoms with Crippen molar-refractivity contribution >= 4 is 58.3 Å². The molecule has 3 nitrogen and oxygen atoms in total. The van der Waals surface area contributed by atoms with Crippen LogP contribution in [0.1, 0.15) is 22.3 Å². The number of anilines is 1. The number of carbonyl (C=O) groups is 1. The van der Waals surface area contributed by atoms with Crippen molar-refractivity contribution in [3.05, 3.63) is 64.7 Å². The van der Waals surface area contributed by atoms with E-state index in [1.807, 2.05) is 37.3 Å². The molecule has 0 saturated carbocycles. The van der Waals surface area contributed by atoms with Gasteiger partial charge in [-0.2, -0.15) is 0 Å². The molecular weight excluding hydrogens is 293 g/mol.